The van der Waals surface area contributed by atoms with E-state index >= 15 is 0 Å². The maximum Gasteiger partial charge on any atom is 0.472 e. The average Bonchev–Trinajstić information content (AvgIpc) is 0.920. The molecule has 17 nitrogen and oxygen atoms in total. The van der Waals surface area contributed by atoms with Crippen LogP contribution in [0.1, 0.15) is 439 Å². The molecule has 19 heteroatoms. The molecule has 0 heterocycles. The highest BCUT2D eigenvalue weighted by atomic mass is 31.2. The van der Waals surface area contributed by atoms with Crippen LogP contribution < -0.4 is 0 Å². The summed E-state index contributed by atoms with van der Waals surface area (Å²) in [5.74, 6) is -1.31. The SMILES string of the molecule is CCCCCCCCCCCCCCCCCCCCCCC(=O)O[C@H](COC(=O)CCCCCCCCCCCCCCCC(C)C)COP(=O)(O)OC[C@@H](O)COP(=O)(O)OC[C@@H](COC(=O)CCCCCCCCCCCC)OC(=O)CCCCCCCCCCCCCCCCC. The first-order valence-electron chi connectivity index (χ1n) is 42.6. The Morgan fingerprint density at radius 3 is 0.673 bits per heavy atom. The minimum Gasteiger partial charge on any atom is -0.462 e. The highest BCUT2D eigenvalue weighted by Gasteiger charge is 2.30. The van der Waals surface area contributed by atoms with Gasteiger partial charge in [0.15, 0.2) is 12.2 Å². The Morgan fingerprint density at radius 2 is 0.455 bits per heavy atom. The molecule has 0 aromatic rings. The van der Waals surface area contributed by atoms with Gasteiger partial charge in [-0.3, -0.25) is 37.3 Å². The lowest BCUT2D eigenvalue weighted by atomic mass is 10.0. The van der Waals surface area contributed by atoms with Gasteiger partial charge in [-0.25, -0.2) is 9.13 Å². The van der Waals surface area contributed by atoms with E-state index in [4.69, 9.17) is 37.0 Å². The Bertz CT molecular complexity index is 1930. The predicted octanol–water partition coefficient (Wildman–Crippen LogP) is 24.8. The number of esters is 4. The van der Waals surface area contributed by atoms with Crippen molar-refractivity contribution in [3.05, 3.63) is 0 Å². The highest BCUT2D eigenvalue weighted by Crippen LogP contribution is 2.45. The van der Waals surface area contributed by atoms with E-state index in [1.54, 1.807) is 0 Å². The number of ether oxygens (including phenoxy) is 4. The molecule has 0 aliphatic heterocycles. The van der Waals surface area contributed by atoms with E-state index in [0.29, 0.717) is 25.7 Å². The lowest BCUT2D eigenvalue weighted by molar-refractivity contribution is -0.161. The van der Waals surface area contributed by atoms with E-state index < -0.39 is 97.5 Å². The Kier molecular flexibility index (Phi) is 73.5. The molecule has 0 amide bonds. The monoisotopic (exact) mass is 1480 g/mol. The van der Waals surface area contributed by atoms with Gasteiger partial charge in [0.25, 0.3) is 0 Å². The number of unbranched alkanes of at least 4 members (excludes halogenated alkanes) is 54. The number of carbonyl (C=O) groups excluding carboxylic acids is 4. The molecular formula is C82H160O17P2. The topological polar surface area (TPSA) is 237 Å². The maximum atomic E-state index is 13.1. The molecular weight excluding hydrogens is 1320 g/mol. The molecule has 0 rings (SSSR count). The first-order valence-corrected chi connectivity index (χ1v) is 45.6. The molecule has 0 aliphatic rings. The van der Waals surface area contributed by atoms with Crippen LogP contribution in [-0.4, -0.2) is 96.7 Å². The van der Waals surface area contributed by atoms with E-state index in [0.717, 1.165) is 95.8 Å². The zero-order valence-corrected chi connectivity index (χ0v) is 67.8. The van der Waals surface area contributed by atoms with Gasteiger partial charge < -0.3 is 33.8 Å². The third-order valence-corrected chi connectivity index (χ3v) is 21.2. The van der Waals surface area contributed by atoms with Crippen molar-refractivity contribution in [1.82, 2.24) is 0 Å². The van der Waals surface area contributed by atoms with Crippen molar-refractivity contribution in [2.24, 2.45) is 5.92 Å². The number of rotatable bonds is 82. The summed E-state index contributed by atoms with van der Waals surface area (Å²) >= 11 is 0. The Balaban J connectivity index is 5.23. The normalized spacial score (nSPS) is 13.8. The van der Waals surface area contributed by atoms with Crippen LogP contribution in [0.15, 0.2) is 0 Å². The molecule has 5 atom stereocenters. The van der Waals surface area contributed by atoms with Crippen LogP contribution in [0.2, 0.25) is 0 Å². The van der Waals surface area contributed by atoms with Crippen molar-refractivity contribution < 1.29 is 80.2 Å². The molecule has 0 radical (unpaired) electrons. The Hall–Kier alpha value is -1.94. The number of aliphatic hydroxyl groups excluding tert-OH is 1. The first kappa shape index (κ1) is 99.1. The fraction of sp³-hybridized carbons (Fsp3) is 0.951. The molecule has 2 unspecified atom stereocenters. The van der Waals surface area contributed by atoms with E-state index in [9.17, 15) is 43.2 Å². The quantitative estimate of drug-likeness (QED) is 0.0222. The van der Waals surface area contributed by atoms with Gasteiger partial charge >= 0.3 is 39.5 Å². The third-order valence-electron chi connectivity index (χ3n) is 19.3. The number of phosphoric ester groups is 2. The minimum absolute atomic E-state index is 0.109. The predicted molar refractivity (Wildman–Crippen MR) is 414 cm³/mol. The van der Waals surface area contributed by atoms with Crippen molar-refractivity contribution in [3.8, 4) is 0 Å². The summed E-state index contributed by atoms with van der Waals surface area (Å²) in [6.45, 7) is 7.35. The van der Waals surface area contributed by atoms with Crippen LogP contribution in [0.5, 0.6) is 0 Å². The smallest absolute Gasteiger partial charge is 0.462 e. The summed E-state index contributed by atoms with van der Waals surface area (Å²) in [5.41, 5.74) is 0. The van der Waals surface area contributed by atoms with Gasteiger partial charge in [-0.05, 0) is 31.6 Å². The molecule has 600 valence electrons. The fourth-order valence-electron chi connectivity index (χ4n) is 12.8. The van der Waals surface area contributed by atoms with Crippen LogP contribution in [0.4, 0.5) is 0 Å². The number of hydrogen-bond donors (Lipinski definition) is 3. The Labute approximate surface area is 619 Å². The first-order chi connectivity index (χ1) is 49.0. The zero-order valence-electron chi connectivity index (χ0n) is 66.1. The van der Waals surface area contributed by atoms with Crippen molar-refractivity contribution in [1.29, 1.82) is 0 Å². The van der Waals surface area contributed by atoms with Gasteiger partial charge in [0.05, 0.1) is 26.4 Å². The van der Waals surface area contributed by atoms with Crippen molar-refractivity contribution >= 4 is 39.5 Å². The van der Waals surface area contributed by atoms with Gasteiger partial charge in [-0.2, -0.15) is 0 Å². The van der Waals surface area contributed by atoms with Crippen LogP contribution >= 0.6 is 15.6 Å². The van der Waals surface area contributed by atoms with Gasteiger partial charge in [0.1, 0.15) is 19.3 Å². The van der Waals surface area contributed by atoms with Crippen LogP contribution in [-0.2, 0) is 65.4 Å². The van der Waals surface area contributed by atoms with Crippen molar-refractivity contribution in [3.63, 3.8) is 0 Å². The van der Waals surface area contributed by atoms with Crippen molar-refractivity contribution in [2.75, 3.05) is 39.6 Å². The molecule has 0 aromatic carbocycles. The second kappa shape index (κ2) is 74.9. The summed E-state index contributed by atoms with van der Waals surface area (Å²) in [6.07, 6.45) is 66.5. The number of carbonyl (C=O) groups is 4. The summed E-state index contributed by atoms with van der Waals surface area (Å²) < 4.78 is 68.8. The summed E-state index contributed by atoms with van der Waals surface area (Å²) in [6, 6.07) is 0. The lowest BCUT2D eigenvalue weighted by Gasteiger charge is -2.21. The van der Waals surface area contributed by atoms with Gasteiger partial charge in [-0.1, -0.05) is 388 Å². The maximum absolute atomic E-state index is 13.1. The Morgan fingerprint density at radius 1 is 0.267 bits per heavy atom. The standard InChI is InChI=1S/C82H160O17P2/c1-6-9-12-15-18-21-24-26-28-29-30-31-32-34-38-43-48-53-58-63-68-82(87)99-78(72-93-80(85)66-61-56-51-46-41-39-35-36-40-44-49-54-59-64-75(4)5)74-97-101(90,91)95-70-76(83)69-94-100(88,89)96-73-77(71-92-79(84)65-60-55-50-45-23-20-17-14-11-8-3)98-81(86)67-62-57-52-47-42-37-33-27-25-22-19-16-13-10-7-2/h75-78,83H,6-74H2,1-5H3,(H,88,89)(H,90,91)/t76-,77+,78+/m0/s1. The summed E-state index contributed by atoms with van der Waals surface area (Å²) in [4.78, 5) is 73.0. The van der Waals surface area contributed by atoms with E-state index in [2.05, 4.69) is 34.6 Å². The lowest BCUT2D eigenvalue weighted by Crippen LogP contribution is -2.30. The average molecular weight is 1480 g/mol. The third kappa shape index (κ3) is 76.1. The van der Waals surface area contributed by atoms with Crippen LogP contribution in [0.25, 0.3) is 0 Å². The zero-order chi connectivity index (χ0) is 74.1. The van der Waals surface area contributed by atoms with Gasteiger partial charge in [0, 0.05) is 25.7 Å². The number of phosphoric acid groups is 2. The summed E-state index contributed by atoms with van der Waals surface area (Å²) in [5, 5.41) is 10.6. The van der Waals surface area contributed by atoms with Crippen LogP contribution in [0.3, 0.4) is 0 Å². The molecule has 3 N–H and O–H groups in total. The molecule has 101 heavy (non-hydrogen) atoms. The molecule has 0 saturated carbocycles. The molecule has 0 aliphatic carbocycles. The molecule has 0 bridgehead atoms. The minimum atomic E-state index is -4.96. The second-order valence-corrected chi connectivity index (χ2v) is 32.9. The molecule has 0 aromatic heterocycles. The fourth-order valence-corrected chi connectivity index (χ4v) is 14.3. The highest BCUT2D eigenvalue weighted by molar-refractivity contribution is 7.47. The largest absolute Gasteiger partial charge is 0.472 e. The molecule has 0 saturated heterocycles. The molecule has 0 fully saturated rings. The number of hydrogen-bond acceptors (Lipinski definition) is 15. The van der Waals surface area contributed by atoms with E-state index in [1.165, 1.54) is 263 Å². The van der Waals surface area contributed by atoms with Crippen molar-refractivity contribution in [2.45, 2.75) is 457 Å². The second-order valence-electron chi connectivity index (χ2n) is 30.0. The van der Waals surface area contributed by atoms with Gasteiger partial charge in [0.2, 0.25) is 0 Å². The van der Waals surface area contributed by atoms with Gasteiger partial charge in [-0.15, -0.1) is 0 Å². The number of aliphatic hydroxyl groups is 1. The molecule has 0 spiro atoms. The summed E-state index contributed by atoms with van der Waals surface area (Å²) in [7, 11) is -9.92. The van der Waals surface area contributed by atoms with E-state index in [-0.39, 0.29) is 25.7 Å². The van der Waals surface area contributed by atoms with Crippen LogP contribution in [0, 0.1) is 5.92 Å². The van der Waals surface area contributed by atoms with E-state index in [1.807, 2.05) is 0 Å².